The lowest BCUT2D eigenvalue weighted by Gasteiger charge is -2.41. The van der Waals surface area contributed by atoms with Crippen LogP contribution in [0.2, 0.25) is 0 Å². The molecule has 4 aromatic rings. The summed E-state index contributed by atoms with van der Waals surface area (Å²) in [5, 5.41) is 9.41. The average Bonchev–Trinajstić information content (AvgIpc) is 3.43. The Morgan fingerprint density at radius 1 is 0.873 bits per heavy atom. The summed E-state index contributed by atoms with van der Waals surface area (Å²) in [4.78, 5) is 56.6. The highest BCUT2D eigenvalue weighted by Crippen LogP contribution is 2.42. The standard InChI is InChI=1S/C40H47N7O8/c1-40(2,3)55-38(50)44-33(22-48)35-32(21-43-45-41)31(20-42-37(49)54-25-30-17-11-6-12-18-30)19-34-36(35)47(27-53-24-29-15-9-5-10-16-29)39(51)46(34)26-52-23-28-13-7-4-8-14-28/h4-18,22,31-33,35H,19-21,23-27H2,1-3H3,(H,42,49)(H,44,50)/t31-,32-,33+,35-/m1/s1. The highest BCUT2D eigenvalue weighted by atomic mass is 16.6. The Morgan fingerprint density at radius 3 is 1.95 bits per heavy atom. The molecule has 2 amide bonds. The minimum atomic E-state index is -1.25. The van der Waals surface area contributed by atoms with Gasteiger partial charge in [0.2, 0.25) is 0 Å². The summed E-state index contributed by atoms with van der Waals surface area (Å²) in [6, 6.07) is 26.9. The number of nitrogens with one attached hydrogen (secondary N) is 2. The van der Waals surface area contributed by atoms with Gasteiger partial charge in [0.1, 0.15) is 32.0 Å². The van der Waals surface area contributed by atoms with Crippen LogP contribution in [0.4, 0.5) is 9.59 Å². The summed E-state index contributed by atoms with van der Waals surface area (Å²) >= 11 is 0. The first-order valence-electron chi connectivity index (χ1n) is 18.0. The van der Waals surface area contributed by atoms with Gasteiger partial charge in [-0.1, -0.05) is 96.1 Å². The lowest BCUT2D eigenvalue weighted by Crippen LogP contribution is -2.50. The summed E-state index contributed by atoms with van der Waals surface area (Å²) in [7, 11) is 0. The molecular weight excluding hydrogens is 706 g/mol. The molecule has 0 radical (unpaired) electrons. The van der Waals surface area contributed by atoms with E-state index in [1.165, 1.54) is 9.13 Å². The topological polar surface area (TPSA) is 188 Å². The van der Waals surface area contributed by atoms with Gasteiger partial charge in [-0.25, -0.2) is 14.4 Å². The van der Waals surface area contributed by atoms with E-state index < -0.39 is 47.3 Å². The van der Waals surface area contributed by atoms with E-state index in [2.05, 4.69) is 20.7 Å². The molecule has 0 bridgehead atoms. The van der Waals surface area contributed by atoms with Gasteiger partial charge in [0, 0.05) is 29.6 Å². The number of carbonyl (C=O) groups excluding carboxylic acids is 3. The predicted molar refractivity (Wildman–Crippen MR) is 202 cm³/mol. The van der Waals surface area contributed by atoms with E-state index in [4.69, 9.17) is 18.9 Å². The number of carbonyl (C=O) groups is 3. The highest BCUT2D eigenvalue weighted by Gasteiger charge is 2.45. The molecule has 15 heteroatoms. The monoisotopic (exact) mass is 753 g/mol. The summed E-state index contributed by atoms with van der Waals surface area (Å²) in [6.45, 7) is 5.11. The van der Waals surface area contributed by atoms with Crippen molar-refractivity contribution in [1.82, 2.24) is 19.8 Å². The van der Waals surface area contributed by atoms with Crippen LogP contribution >= 0.6 is 0 Å². The molecule has 2 N–H and O–H groups in total. The van der Waals surface area contributed by atoms with Crippen molar-refractivity contribution in [2.24, 2.45) is 17.0 Å². The number of hydrogen-bond acceptors (Lipinski definition) is 9. The maximum absolute atomic E-state index is 14.4. The number of alkyl carbamates (subject to hydrolysis) is 2. The van der Waals surface area contributed by atoms with E-state index in [0.717, 1.165) is 16.7 Å². The van der Waals surface area contributed by atoms with Crippen LogP contribution in [0.15, 0.2) is 101 Å². The van der Waals surface area contributed by atoms with Gasteiger partial charge in [0.05, 0.1) is 24.9 Å². The zero-order valence-electron chi connectivity index (χ0n) is 31.2. The predicted octanol–water partition coefficient (Wildman–Crippen LogP) is 6.20. The normalized spacial score (nSPS) is 16.9. The van der Waals surface area contributed by atoms with Crippen LogP contribution in [-0.4, -0.2) is 52.3 Å². The Hall–Kier alpha value is -5.89. The van der Waals surface area contributed by atoms with Crippen LogP contribution < -0.4 is 16.3 Å². The third kappa shape index (κ3) is 11.3. The Morgan fingerprint density at radius 2 is 1.42 bits per heavy atom. The minimum absolute atomic E-state index is 0.0297. The Kier molecular flexibility index (Phi) is 14.2. The number of amides is 2. The first-order valence-corrected chi connectivity index (χ1v) is 18.0. The number of ether oxygens (including phenoxy) is 4. The molecule has 1 aromatic heterocycles. The van der Waals surface area contributed by atoms with E-state index in [1.54, 1.807) is 20.8 Å². The molecule has 1 aliphatic carbocycles. The van der Waals surface area contributed by atoms with E-state index >= 15 is 0 Å². The van der Waals surface area contributed by atoms with Gasteiger partial charge in [-0.15, -0.1) is 0 Å². The zero-order valence-corrected chi connectivity index (χ0v) is 31.2. The molecule has 0 spiro atoms. The number of azide groups is 1. The second kappa shape index (κ2) is 19.4. The summed E-state index contributed by atoms with van der Waals surface area (Å²) < 4.78 is 26.1. The molecule has 3 aromatic carbocycles. The van der Waals surface area contributed by atoms with Crippen molar-refractivity contribution in [2.75, 3.05) is 13.1 Å². The number of nitrogens with zero attached hydrogens (tertiary/aromatic N) is 5. The van der Waals surface area contributed by atoms with Crippen molar-refractivity contribution in [1.29, 1.82) is 0 Å². The van der Waals surface area contributed by atoms with Gasteiger partial charge in [-0.05, 0) is 61.2 Å². The van der Waals surface area contributed by atoms with Gasteiger partial charge < -0.3 is 34.4 Å². The quantitative estimate of drug-likeness (QED) is 0.0552. The summed E-state index contributed by atoms with van der Waals surface area (Å²) in [6.07, 6.45) is -0.737. The molecular formula is C40H47N7O8. The van der Waals surface area contributed by atoms with Crippen molar-refractivity contribution in [3.63, 3.8) is 0 Å². The summed E-state index contributed by atoms with van der Waals surface area (Å²) in [5.74, 6) is -2.10. The van der Waals surface area contributed by atoms with Crippen LogP contribution in [0.5, 0.6) is 0 Å². The van der Waals surface area contributed by atoms with Crippen LogP contribution in [0.3, 0.4) is 0 Å². The van der Waals surface area contributed by atoms with E-state index in [0.29, 0.717) is 17.7 Å². The van der Waals surface area contributed by atoms with Crippen molar-refractivity contribution in [3.8, 4) is 0 Å². The zero-order chi connectivity index (χ0) is 39.2. The van der Waals surface area contributed by atoms with Crippen molar-refractivity contribution >= 4 is 18.5 Å². The Balaban J connectivity index is 1.54. The molecule has 15 nitrogen and oxygen atoms in total. The van der Waals surface area contributed by atoms with Crippen LogP contribution in [0, 0.1) is 11.8 Å². The number of imidazole rings is 1. The van der Waals surface area contributed by atoms with Crippen LogP contribution in [0.25, 0.3) is 10.4 Å². The number of rotatable bonds is 17. The van der Waals surface area contributed by atoms with Crippen molar-refractivity contribution < 1.29 is 33.3 Å². The number of aldehydes is 1. The summed E-state index contributed by atoms with van der Waals surface area (Å²) in [5.41, 5.74) is 11.6. The highest BCUT2D eigenvalue weighted by molar-refractivity contribution is 5.74. The van der Waals surface area contributed by atoms with Crippen molar-refractivity contribution in [2.45, 2.75) is 78.0 Å². The van der Waals surface area contributed by atoms with E-state index in [9.17, 15) is 24.7 Å². The fraction of sp³-hybridized carbons (Fsp3) is 0.400. The molecule has 1 heterocycles. The van der Waals surface area contributed by atoms with Gasteiger partial charge >= 0.3 is 17.9 Å². The van der Waals surface area contributed by atoms with Crippen LogP contribution in [-0.2, 0) is 63.4 Å². The molecule has 0 unspecified atom stereocenters. The molecule has 5 rings (SSSR count). The van der Waals surface area contributed by atoms with Gasteiger partial charge in [0.15, 0.2) is 0 Å². The second-order valence-electron chi connectivity index (χ2n) is 14.2. The Bertz CT molecular complexity index is 1970. The molecule has 0 saturated heterocycles. The van der Waals surface area contributed by atoms with Gasteiger partial charge in [-0.3, -0.25) is 9.13 Å². The first kappa shape index (κ1) is 40.3. The van der Waals surface area contributed by atoms with E-state index in [1.807, 2.05) is 91.0 Å². The SMILES string of the molecule is CC(C)(C)OC(=O)N[C@@H](C=O)[C@@H]1c2c(n(COCc3ccccc3)c(=O)n2COCc2ccccc2)C[C@H](CNC(=O)OCc2ccccc2)[C@H]1CN=[N+]=[N-]. The fourth-order valence-electron chi connectivity index (χ4n) is 6.75. The number of hydrogen-bond donors (Lipinski definition) is 2. The first-order chi connectivity index (χ1) is 26.6. The molecule has 290 valence electrons. The maximum atomic E-state index is 14.4. The molecule has 0 fully saturated rings. The largest absolute Gasteiger partial charge is 0.445 e. The lowest BCUT2D eigenvalue weighted by molar-refractivity contribution is -0.110. The van der Waals surface area contributed by atoms with Gasteiger partial charge in [0.25, 0.3) is 0 Å². The number of fused-ring (bicyclic) bond motifs is 1. The van der Waals surface area contributed by atoms with Crippen molar-refractivity contribution in [3.05, 3.63) is 140 Å². The molecule has 0 aliphatic heterocycles. The molecule has 1 aliphatic rings. The molecule has 55 heavy (non-hydrogen) atoms. The minimum Gasteiger partial charge on any atom is -0.445 e. The Labute approximate surface area is 319 Å². The average molecular weight is 754 g/mol. The van der Waals surface area contributed by atoms with E-state index in [-0.39, 0.29) is 52.8 Å². The second-order valence-corrected chi connectivity index (χ2v) is 14.2. The number of aromatic nitrogens is 2. The maximum Gasteiger partial charge on any atom is 0.408 e. The third-order valence-electron chi connectivity index (χ3n) is 9.17. The third-order valence-corrected chi connectivity index (χ3v) is 9.17. The van der Waals surface area contributed by atoms with Gasteiger partial charge in [-0.2, -0.15) is 0 Å². The fourth-order valence-corrected chi connectivity index (χ4v) is 6.75. The lowest BCUT2D eigenvalue weighted by atomic mass is 9.69. The molecule has 4 atom stereocenters. The number of benzene rings is 3. The van der Waals surface area contributed by atoms with Crippen LogP contribution in [0.1, 0.15) is 54.8 Å². The smallest absolute Gasteiger partial charge is 0.408 e. The molecule has 0 saturated carbocycles.